The van der Waals surface area contributed by atoms with Gasteiger partial charge in [0.1, 0.15) is 11.6 Å². The van der Waals surface area contributed by atoms with Crippen molar-refractivity contribution in [2.75, 3.05) is 19.1 Å². The molecule has 0 unspecified atom stereocenters. The maximum Gasteiger partial charge on any atom is 0.291 e. The van der Waals surface area contributed by atoms with Gasteiger partial charge in [-0.05, 0) is 48.0 Å². The minimum Gasteiger partial charge on any atom is -0.481 e. The lowest BCUT2D eigenvalue weighted by Crippen LogP contribution is -2.22. The van der Waals surface area contributed by atoms with Crippen LogP contribution in [0.15, 0.2) is 41.3 Å². The van der Waals surface area contributed by atoms with Crippen LogP contribution in [-0.2, 0) is 6.42 Å². The second kappa shape index (κ2) is 7.26. The fourth-order valence-corrected chi connectivity index (χ4v) is 2.62. The van der Waals surface area contributed by atoms with Crippen molar-refractivity contribution in [1.82, 2.24) is 4.98 Å². The lowest BCUT2D eigenvalue weighted by atomic mass is 10.2. The first-order chi connectivity index (χ1) is 10.5. The first kappa shape index (κ1) is 16.3. The molecular weight excluding hydrogens is 303 g/mol. The fourth-order valence-electron chi connectivity index (χ4n) is 1.85. The lowest BCUT2D eigenvalue weighted by Gasteiger charge is -2.16. The number of rotatable bonds is 4. The number of hydrogen-bond acceptors (Lipinski definition) is 4. The van der Waals surface area contributed by atoms with Crippen LogP contribution in [0.2, 0.25) is 0 Å². The molecule has 4 nitrogen and oxygen atoms in total. The summed E-state index contributed by atoms with van der Waals surface area (Å²) in [5.74, 6) is 0.689. The molecule has 22 heavy (non-hydrogen) atoms. The second-order valence-electron chi connectivity index (χ2n) is 4.57. The van der Waals surface area contributed by atoms with Crippen LogP contribution in [0.1, 0.15) is 12.5 Å². The fraction of sp³-hybridized carbons (Fsp3) is 0.250. The molecule has 1 aromatic heterocycles. The number of anilines is 1. The van der Waals surface area contributed by atoms with E-state index in [4.69, 9.17) is 4.74 Å². The molecule has 0 saturated carbocycles. The molecular formula is C16H17FN2O2S. The van der Waals surface area contributed by atoms with Gasteiger partial charge < -0.3 is 4.74 Å². The van der Waals surface area contributed by atoms with E-state index in [0.29, 0.717) is 28.6 Å². The summed E-state index contributed by atoms with van der Waals surface area (Å²) in [4.78, 5) is 18.7. The topological polar surface area (TPSA) is 42.4 Å². The maximum atomic E-state index is 13.5. The van der Waals surface area contributed by atoms with Gasteiger partial charge in [0.05, 0.1) is 7.11 Å². The highest BCUT2D eigenvalue weighted by Gasteiger charge is 2.15. The van der Waals surface area contributed by atoms with Crippen LogP contribution in [0, 0.1) is 5.82 Å². The molecule has 2 aromatic rings. The minimum atomic E-state index is -0.248. The largest absolute Gasteiger partial charge is 0.481 e. The van der Waals surface area contributed by atoms with Crippen molar-refractivity contribution in [2.45, 2.75) is 18.2 Å². The van der Waals surface area contributed by atoms with Gasteiger partial charge in [0.2, 0.25) is 5.88 Å². The molecule has 0 fully saturated rings. The molecule has 0 spiro atoms. The molecule has 0 aliphatic carbocycles. The Morgan fingerprint density at radius 1 is 1.36 bits per heavy atom. The summed E-state index contributed by atoms with van der Waals surface area (Å²) in [5.41, 5.74) is 0.597. The third-order valence-corrected chi connectivity index (χ3v) is 4.08. The van der Waals surface area contributed by atoms with Gasteiger partial charge in [-0.15, -0.1) is 0 Å². The van der Waals surface area contributed by atoms with Crippen molar-refractivity contribution >= 4 is 22.8 Å². The molecule has 0 N–H and O–H groups in total. The Kier molecular flexibility index (Phi) is 5.38. The molecule has 0 bridgehead atoms. The highest BCUT2D eigenvalue weighted by molar-refractivity contribution is 8.13. The van der Waals surface area contributed by atoms with E-state index in [2.05, 4.69) is 4.98 Å². The molecule has 116 valence electrons. The van der Waals surface area contributed by atoms with E-state index in [-0.39, 0.29) is 11.1 Å². The number of hydrogen-bond donors (Lipinski definition) is 0. The first-order valence-electron chi connectivity index (χ1n) is 6.80. The third-order valence-electron chi connectivity index (χ3n) is 3.14. The molecule has 2 rings (SSSR count). The molecule has 6 heteroatoms. The summed E-state index contributed by atoms with van der Waals surface area (Å²) >= 11 is 1.04. The van der Waals surface area contributed by atoms with Gasteiger partial charge in [0.25, 0.3) is 5.24 Å². The molecule has 1 aromatic carbocycles. The van der Waals surface area contributed by atoms with E-state index < -0.39 is 0 Å². The number of carbonyl (C=O) groups is 1. The Bertz CT molecular complexity index is 679. The second-order valence-corrected chi connectivity index (χ2v) is 5.60. The number of amides is 1. The van der Waals surface area contributed by atoms with Gasteiger partial charge in [0, 0.05) is 18.0 Å². The van der Waals surface area contributed by atoms with Crippen molar-refractivity contribution in [2.24, 2.45) is 0 Å². The standard InChI is InChI=1S/C16H17FN2O2S/c1-4-11-10-12(8-9-13(11)17)22-16(20)19(2)14-6-5-7-15(18-14)21-3/h5-10H,4H2,1-3H3. The van der Waals surface area contributed by atoms with Gasteiger partial charge in [0.15, 0.2) is 0 Å². The van der Waals surface area contributed by atoms with Crippen LogP contribution in [0.4, 0.5) is 15.0 Å². The van der Waals surface area contributed by atoms with E-state index >= 15 is 0 Å². The zero-order valence-electron chi connectivity index (χ0n) is 12.7. The van der Waals surface area contributed by atoms with E-state index in [1.165, 1.54) is 18.1 Å². The van der Waals surface area contributed by atoms with Gasteiger partial charge in [-0.3, -0.25) is 9.69 Å². The number of aryl methyl sites for hydroxylation is 1. The van der Waals surface area contributed by atoms with Crippen molar-refractivity contribution in [3.63, 3.8) is 0 Å². The van der Waals surface area contributed by atoms with Crippen LogP contribution >= 0.6 is 11.8 Å². The molecule has 0 saturated heterocycles. The number of benzene rings is 1. The SMILES string of the molecule is CCc1cc(SC(=O)N(C)c2cccc(OC)n2)ccc1F. The molecule has 0 atom stereocenters. The van der Waals surface area contributed by atoms with Gasteiger partial charge in [-0.25, -0.2) is 4.39 Å². The van der Waals surface area contributed by atoms with Crippen LogP contribution in [0.25, 0.3) is 0 Å². The predicted octanol–water partition coefficient (Wildman–Crippen LogP) is 4.14. The molecule has 1 heterocycles. The third kappa shape index (κ3) is 3.76. The number of carbonyl (C=O) groups excluding carboxylic acids is 1. The average Bonchev–Trinajstić information content (AvgIpc) is 2.55. The van der Waals surface area contributed by atoms with Crippen molar-refractivity contribution in [3.05, 3.63) is 47.8 Å². The number of aromatic nitrogens is 1. The number of halogens is 1. The van der Waals surface area contributed by atoms with Crippen LogP contribution < -0.4 is 9.64 Å². The van der Waals surface area contributed by atoms with Gasteiger partial charge in [-0.1, -0.05) is 13.0 Å². The maximum absolute atomic E-state index is 13.5. The highest BCUT2D eigenvalue weighted by atomic mass is 32.2. The van der Waals surface area contributed by atoms with Crippen molar-refractivity contribution in [1.29, 1.82) is 0 Å². The Morgan fingerprint density at radius 2 is 2.14 bits per heavy atom. The summed E-state index contributed by atoms with van der Waals surface area (Å²) in [7, 11) is 3.16. The van der Waals surface area contributed by atoms with E-state index in [9.17, 15) is 9.18 Å². The zero-order valence-corrected chi connectivity index (χ0v) is 13.5. The van der Waals surface area contributed by atoms with Gasteiger partial charge >= 0.3 is 0 Å². The smallest absolute Gasteiger partial charge is 0.291 e. The van der Waals surface area contributed by atoms with E-state index in [0.717, 1.165) is 11.8 Å². The Morgan fingerprint density at radius 3 is 2.82 bits per heavy atom. The number of pyridine rings is 1. The van der Waals surface area contributed by atoms with E-state index in [1.807, 2.05) is 6.92 Å². The first-order valence-corrected chi connectivity index (χ1v) is 7.61. The highest BCUT2D eigenvalue weighted by Crippen LogP contribution is 2.26. The monoisotopic (exact) mass is 320 g/mol. The minimum absolute atomic E-state index is 0.200. The molecule has 1 amide bonds. The van der Waals surface area contributed by atoms with Crippen molar-refractivity contribution in [3.8, 4) is 5.88 Å². The van der Waals surface area contributed by atoms with Crippen molar-refractivity contribution < 1.29 is 13.9 Å². The Hall–Kier alpha value is -2.08. The summed E-state index contributed by atoms with van der Waals surface area (Å²) in [6, 6.07) is 9.89. The van der Waals surface area contributed by atoms with Crippen LogP contribution in [0.5, 0.6) is 5.88 Å². The molecule has 0 aliphatic heterocycles. The summed E-state index contributed by atoms with van der Waals surface area (Å²) in [5, 5.41) is -0.200. The number of thioether (sulfide) groups is 1. The molecule has 0 aliphatic rings. The number of methoxy groups -OCH3 is 1. The lowest BCUT2D eigenvalue weighted by molar-refractivity contribution is 0.266. The number of nitrogens with zero attached hydrogens (tertiary/aromatic N) is 2. The number of ether oxygens (including phenoxy) is 1. The summed E-state index contributed by atoms with van der Waals surface area (Å²) in [6.45, 7) is 1.88. The van der Waals surface area contributed by atoms with Crippen LogP contribution in [0.3, 0.4) is 0 Å². The normalized spacial score (nSPS) is 10.4. The Labute approximate surface area is 133 Å². The quantitative estimate of drug-likeness (QED) is 0.794. The summed E-state index contributed by atoms with van der Waals surface area (Å²) in [6.07, 6.45) is 0.585. The van der Waals surface area contributed by atoms with Crippen LogP contribution in [-0.4, -0.2) is 24.4 Å². The Balaban J connectivity index is 2.14. The predicted molar refractivity (Wildman–Crippen MR) is 86.2 cm³/mol. The van der Waals surface area contributed by atoms with Gasteiger partial charge in [-0.2, -0.15) is 4.98 Å². The zero-order chi connectivity index (χ0) is 16.1. The summed E-state index contributed by atoms with van der Waals surface area (Å²) < 4.78 is 18.5. The average molecular weight is 320 g/mol. The van der Waals surface area contributed by atoms with E-state index in [1.54, 1.807) is 37.4 Å². The molecule has 0 radical (unpaired) electrons.